The van der Waals surface area contributed by atoms with E-state index < -0.39 is 17.7 Å². The minimum Gasteiger partial charge on any atom is -0.425 e. The predicted molar refractivity (Wildman–Crippen MR) is 90.5 cm³/mol. The van der Waals surface area contributed by atoms with Crippen molar-refractivity contribution >= 4 is 11.7 Å². The van der Waals surface area contributed by atoms with Gasteiger partial charge in [-0.25, -0.2) is 0 Å². The van der Waals surface area contributed by atoms with Gasteiger partial charge in [-0.05, 0) is 24.5 Å². The number of carbonyl (C=O) groups excluding carboxylic acids is 1. The van der Waals surface area contributed by atoms with Crippen molar-refractivity contribution in [1.29, 1.82) is 5.26 Å². The van der Waals surface area contributed by atoms with Gasteiger partial charge in [0.1, 0.15) is 0 Å². The van der Waals surface area contributed by atoms with E-state index in [0.717, 1.165) is 18.6 Å². The van der Waals surface area contributed by atoms with E-state index in [9.17, 15) is 23.2 Å². The van der Waals surface area contributed by atoms with Crippen molar-refractivity contribution in [3.63, 3.8) is 0 Å². The normalized spacial score (nSPS) is 12.1. The fourth-order valence-corrected chi connectivity index (χ4v) is 2.49. The Labute approximate surface area is 149 Å². The Morgan fingerprint density at radius 1 is 1.08 bits per heavy atom. The van der Waals surface area contributed by atoms with Crippen molar-refractivity contribution in [2.75, 3.05) is 0 Å². The summed E-state index contributed by atoms with van der Waals surface area (Å²) in [5, 5.41) is 9.46. The van der Waals surface area contributed by atoms with Crippen LogP contribution >= 0.6 is 0 Å². The zero-order chi connectivity index (χ0) is 19.2. The molecule has 0 aromatic heterocycles. The summed E-state index contributed by atoms with van der Waals surface area (Å²) in [7, 11) is 0. The summed E-state index contributed by atoms with van der Waals surface area (Å²) in [6.45, 7) is 1.09. The molecule has 6 heteroatoms. The molecular weight excluding hydrogens is 343 g/mol. The largest absolute Gasteiger partial charge is 0.425 e. The summed E-state index contributed by atoms with van der Waals surface area (Å²) in [4.78, 5) is 11.4. The van der Waals surface area contributed by atoms with Crippen molar-refractivity contribution in [3.8, 4) is 6.07 Å². The molecular formula is C20H16F3NO2. The lowest BCUT2D eigenvalue weighted by Gasteiger charge is -2.16. The Balaban J connectivity index is 2.50. The number of hydrogen-bond acceptors (Lipinski definition) is 3. The van der Waals surface area contributed by atoms with Crippen LogP contribution in [0.4, 0.5) is 13.2 Å². The number of benzene rings is 2. The average molecular weight is 359 g/mol. The summed E-state index contributed by atoms with van der Waals surface area (Å²) in [5.74, 6) is -1.13. The van der Waals surface area contributed by atoms with Gasteiger partial charge in [0, 0.05) is 12.5 Å². The van der Waals surface area contributed by atoms with E-state index in [1.807, 2.05) is 36.4 Å². The van der Waals surface area contributed by atoms with Gasteiger partial charge >= 0.3 is 12.1 Å². The number of rotatable bonds is 5. The molecule has 0 amide bonds. The second kappa shape index (κ2) is 8.34. The van der Waals surface area contributed by atoms with Crippen LogP contribution in [0.3, 0.4) is 0 Å². The molecule has 134 valence electrons. The van der Waals surface area contributed by atoms with E-state index in [4.69, 9.17) is 4.74 Å². The van der Waals surface area contributed by atoms with Crippen molar-refractivity contribution < 1.29 is 22.7 Å². The highest BCUT2D eigenvalue weighted by Crippen LogP contribution is 2.36. The lowest BCUT2D eigenvalue weighted by molar-refractivity contribution is -0.139. The van der Waals surface area contributed by atoms with E-state index in [1.54, 1.807) is 0 Å². The minimum absolute atomic E-state index is 0.0132. The summed E-state index contributed by atoms with van der Waals surface area (Å²) >= 11 is 0. The summed E-state index contributed by atoms with van der Waals surface area (Å²) < 4.78 is 45.0. The highest BCUT2D eigenvalue weighted by Gasteiger charge is 2.35. The Bertz CT molecular complexity index is 849. The Morgan fingerprint density at radius 3 is 2.27 bits per heavy atom. The van der Waals surface area contributed by atoms with Crippen LogP contribution in [0.15, 0.2) is 60.2 Å². The first kappa shape index (κ1) is 19.3. The molecule has 0 fully saturated rings. The van der Waals surface area contributed by atoms with Gasteiger partial charge in [0.05, 0.1) is 17.2 Å². The number of aryl methyl sites for hydroxylation is 1. The van der Waals surface area contributed by atoms with Gasteiger partial charge in [-0.3, -0.25) is 4.79 Å². The van der Waals surface area contributed by atoms with E-state index in [0.29, 0.717) is 6.42 Å². The third-order valence-corrected chi connectivity index (χ3v) is 3.64. The second-order valence-electron chi connectivity index (χ2n) is 5.54. The zero-order valence-corrected chi connectivity index (χ0v) is 14.0. The average Bonchev–Trinajstić information content (AvgIpc) is 2.61. The first-order chi connectivity index (χ1) is 12.3. The predicted octanol–water partition coefficient (Wildman–Crippen LogP) is 5.14. The summed E-state index contributed by atoms with van der Waals surface area (Å²) in [6.07, 6.45) is -4.06. The maximum Gasteiger partial charge on any atom is 0.417 e. The maximum atomic E-state index is 13.3. The molecule has 2 rings (SSSR count). The first-order valence-electron chi connectivity index (χ1n) is 7.85. The maximum absolute atomic E-state index is 13.3. The number of allylic oxidation sites excluding steroid dienone is 1. The highest BCUT2D eigenvalue weighted by molar-refractivity contribution is 5.80. The van der Waals surface area contributed by atoms with Crippen LogP contribution in [0.1, 0.15) is 30.0 Å². The smallest absolute Gasteiger partial charge is 0.417 e. The molecule has 0 aliphatic heterocycles. The summed E-state index contributed by atoms with van der Waals surface area (Å²) in [6, 6.07) is 15.8. The lowest BCUT2D eigenvalue weighted by Crippen LogP contribution is -2.12. The van der Waals surface area contributed by atoms with Crippen LogP contribution < -0.4 is 0 Å². The highest BCUT2D eigenvalue weighted by atomic mass is 19.4. The number of hydrogen-bond donors (Lipinski definition) is 0. The van der Waals surface area contributed by atoms with Crippen molar-refractivity contribution in [1.82, 2.24) is 0 Å². The quantitative estimate of drug-likeness (QED) is 0.422. The van der Waals surface area contributed by atoms with Crippen LogP contribution in [0, 0.1) is 11.3 Å². The molecule has 0 saturated carbocycles. The van der Waals surface area contributed by atoms with E-state index in [2.05, 4.69) is 0 Å². The van der Waals surface area contributed by atoms with Gasteiger partial charge in [-0.2, -0.15) is 18.4 Å². The Morgan fingerprint density at radius 2 is 1.69 bits per heavy atom. The Hall–Kier alpha value is -3.07. The van der Waals surface area contributed by atoms with Crippen molar-refractivity contribution in [2.45, 2.75) is 25.9 Å². The van der Waals surface area contributed by atoms with Gasteiger partial charge in [-0.15, -0.1) is 0 Å². The van der Waals surface area contributed by atoms with Crippen LogP contribution in [0.25, 0.3) is 5.76 Å². The number of carbonyl (C=O) groups is 1. The van der Waals surface area contributed by atoms with Crippen LogP contribution in [0.2, 0.25) is 0 Å². The van der Waals surface area contributed by atoms with Crippen LogP contribution in [-0.4, -0.2) is 5.97 Å². The van der Waals surface area contributed by atoms with Gasteiger partial charge in [0.2, 0.25) is 0 Å². The van der Waals surface area contributed by atoms with Crippen LogP contribution in [-0.2, 0) is 22.1 Å². The molecule has 0 aliphatic rings. The molecule has 2 aromatic rings. The van der Waals surface area contributed by atoms with Crippen molar-refractivity contribution in [3.05, 3.63) is 76.9 Å². The number of alkyl halides is 3. The molecule has 0 atom stereocenters. The summed E-state index contributed by atoms with van der Waals surface area (Å²) in [5.41, 5.74) is -0.365. The van der Waals surface area contributed by atoms with E-state index in [1.165, 1.54) is 18.2 Å². The zero-order valence-electron chi connectivity index (χ0n) is 14.0. The topological polar surface area (TPSA) is 50.1 Å². The molecule has 0 unspecified atom stereocenters. The molecule has 0 heterocycles. The minimum atomic E-state index is -4.64. The number of nitriles is 1. The molecule has 0 N–H and O–H groups in total. The third kappa shape index (κ3) is 4.96. The first-order valence-corrected chi connectivity index (χ1v) is 7.85. The third-order valence-electron chi connectivity index (χ3n) is 3.64. The molecule has 0 bridgehead atoms. The molecule has 2 aromatic carbocycles. The number of halogens is 3. The van der Waals surface area contributed by atoms with Crippen molar-refractivity contribution in [2.24, 2.45) is 0 Å². The fourth-order valence-electron chi connectivity index (χ4n) is 2.49. The fraction of sp³-hybridized carbons (Fsp3) is 0.200. The Kier molecular flexibility index (Phi) is 6.18. The molecule has 3 nitrogen and oxygen atoms in total. The van der Waals surface area contributed by atoms with E-state index >= 15 is 0 Å². The van der Waals surface area contributed by atoms with Gasteiger partial charge in [-0.1, -0.05) is 48.5 Å². The molecule has 0 aliphatic carbocycles. The second-order valence-corrected chi connectivity index (χ2v) is 5.54. The molecule has 0 spiro atoms. The standard InChI is InChI=1S/C20H16F3NO2/c1-14(25)26-19(17-9-5-6-10-18(17)20(21,22)23)16(13-24)12-11-15-7-3-2-4-8-15/h2-10H,11-12H2,1H3/b19-16+. The van der Waals surface area contributed by atoms with Gasteiger partial charge in [0.25, 0.3) is 0 Å². The monoisotopic (exact) mass is 359 g/mol. The molecule has 0 saturated heterocycles. The lowest BCUT2D eigenvalue weighted by atomic mass is 9.98. The van der Waals surface area contributed by atoms with Crippen LogP contribution in [0.5, 0.6) is 0 Å². The number of nitrogens with zero attached hydrogens (tertiary/aromatic N) is 1. The number of esters is 1. The SMILES string of the molecule is CC(=O)O/C(=C(/C#N)CCc1ccccc1)c1ccccc1C(F)(F)F. The molecule has 0 radical (unpaired) electrons. The number of ether oxygens (including phenoxy) is 1. The van der Waals surface area contributed by atoms with Gasteiger partial charge < -0.3 is 4.74 Å². The molecule has 26 heavy (non-hydrogen) atoms. The van der Waals surface area contributed by atoms with E-state index in [-0.39, 0.29) is 23.3 Å². The van der Waals surface area contributed by atoms with Gasteiger partial charge in [0.15, 0.2) is 5.76 Å².